The van der Waals surface area contributed by atoms with Gasteiger partial charge in [0.25, 0.3) is 0 Å². The van der Waals surface area contributed by atoms with Crippen LogP contribution in [0, 0.1) is 12.3 Å². The first-order valence-corrected chi connectivity index (χ1v) is 7.45. The molecule has 0 bridgehead atoms. The molecular formula is C15H26N4. The monoisotopic (exact) mass is 262 g/mol. The first kappa shape index (κ1) is 14.1. The number of aryl methyl sites for hydroxylation is 1. The van der Waals surface area contributed by atoms with Crippen molar-refractivity contribution in [1.29, 1.82) is 0 Å². The number of hydrogen-bond acceptors (Lipinski definition) is 4. The molecule has 19 heavy (non-hydrogen) atoms. The van der Waals surface area contributed by atoms with E-state index in [0.29, 0.717) is 5.41 Å². The summed E-state index contributed by atoms with van der Waals surface area (Å²) in [6.45, 7) is 8.29. The minimum absolute atomic E-state index is 0.426. The van der Waals surface area contributed by atoms with E-state index < -0.39 is 0 Å². The molecule has 1 heterocycles. The maximum Gasteiger partial charge on any atom is 0.131 e. The largest absolute Gasteiger partial charge is 0.370 e. The van der Waals surface area contributed by atoms with Crippen molar-refractivity contribution in [3.63, 3.8) is 0 Å². The summed E-state index contributed by atoms with van der Waals surface area (Å²) in [7, 11) is 0. The fraction of sp³-hybridized carbons (Fsp3) is 0.733. The molecule has 2 N–H and O–H groups in total. The Morgan fingerprint density at radius 1 is 1.11 bits per heavy atom. The molecule has 0 radical (unpaired) electrons. The maximum atomic E-state index is 4.47. The number of hydrogen-bond donors (Lipinski definition) is 2. The Balaban J connectivity index is 1.98. The zero-order chi connectivity index (χ0) is 13.7. The van der Waals surface area contributed by atoms with Gasteiger partial charge in [-0.25, -0.2) is 9.97 Å². The van der Waals surface area contributed by atoms with Crippen molar-refractivity contribution in [2.45, 2.75) is 52.9 Å². The van der Waals surface area contributed by atoms with Gasteiger partial charge in [-0.15, -0.1) is 0 Å². The van der Waals surface area contributed by atoms with Gasteiger partial charge >= 0.3 is 0 Å². The molecule has 106 valence electrons. The van der Waals surface area contributed by atoms with Crippen molar-refractivity contribution in [3.05, 3.63) is 11.9 Å². The molecule has 1 aliphatic carbocycles. The molecule has 0 unspecified atom stereocenters. The zero-order valence-corrected chi connectivity index (χ0v) is 12.4. The van der Waals surface area contributed by atoms with E-state index in [4.69, 9.17) is 0 Å². The quantitative estimate of drug-likeness (QED) is 0.851. The van der Waals surface area contributed by atoms with E-state index in [2.05, 4.69) is 34.4 Å². The lowest BCUT2D eigenvalue weighted by Gasteiger charge is -2.33. The van der Waals surface area contributed by atoms with E-state index in [1.54, 1.807) is 0 Å². The van der Waals surface area contributed by atoms with Crippen LogP contribution in [0.1, 0.15) is 51.8 Å². The third kappa shape index (κ3) is 4.08. The average Bonchev–Trinajstić information content (AvgIpc) is 2.37. The summed E-state index contributed by atoms with van der Waals surface area (Å²) < 4.78 is 0. The fourth-order valence-corrected chi connectivity index (χ4v) is 2.82. The third-order valence-electron chi connectivity index (χ3n) is 3.95. The number of rotatable bonds is 5. The second kappa shape index (κ2) is 6.22. The van der Waals surface area contributed by atoms with Gasteiger partial charge in [-0.2, -0.15) is 0 Å². The fourth-order valence-electron chi connectivity index (χ4n) is 2.82. The summed E-state index contributed by atoms with van der Waals surface area (Å²) in [6, 6.07) is 2.00. The second-order valence-corrected chi connectivity index (χ2v) is 5.94. The molecule has 0 aliphatic heterocycles. The Kier molecular flexibility index (Phi) is 4.61. The van der Waals surface area contributed by atoms with Gasteiger partial charge in [0.1, 0.15) is 17.5 Å². The standard InChI is InChI=1S/C15H26N4/c1-4-16-13-10-14(19-12(2)18-13)17-11-15(3)8-6-5-7-9-15/h10H,4-9,11H2,1-3H3,(H2,16,17,18,19). The minimum atomic E-state index is 0.426. The summed E-state index contributed by atoms with van der Waals surface area (Å²) in [6.07, 6.45) is 6.77. The van der Waals surface area contributed by atoms with Crippen molar-refractivity contribution in [2.75, 3.05) is 23.7 Å². The van der Waals surface area contributed by atoms with Crippen LogP contribution in [-0.4, -0.2) is 23.1 Å². The van der Waals surface area contributed by atoms with E-state index in [1.165, 1.54) is 32.1 Å². The van der Waals surface area contributed by atoms with Crippen LogP contribution in [0.4, 0.5) is 11.6 Å². The molecule has 1 aromatic heterocycles. The lowest BCUT2D eigenvalue weighted by molar-refractivity contribution is 0.233. The molecular weight excluding hydrogens is 236 g/mol. The topological polar surface area (TPSA) is 49.8 Å². The Morgan fingerprint density at radius 3 is 2.37 bits per heavy atom. The van der Waals surface area contributed by atoms with Crippen molar-refractivity contribution in [3.8, 4) is 0 Å². The van der Waals surface area contributed by atoms with Crippen LogP contribution in [0.25, 0.3) is 0 Å². The van der Waals surface area contributed by atoms with E-state index in [9.17, 15) is 0 Å². The summed E-state index contributed by atoms with van der Waals surface area (Å²) in [5, 5.41) is 6.75. The highest BCUT2D eigenvalue weighted by molar-refractivity contribution is 5.47. The molecule has 1 aromatic rings. The summed E-state index contributed by atoms with van der Waals surface area (Å²) >= 11 is 0. The molecule has 0 amide bonds. The summed E-state index contributed by atoms with van der Waals surface area (Å²) in [5.41, 5.74) is 0.426. The molecule has 0 spiro atoms. The molecule has 1 aliphatic rings. The van der Waals surface area contributed by atoms with E-state index >= 15 is 0 Å². The molecule has 0 atom stereocenters. The van der Waals surface area contributed by atoms with Crippen LogP contribution in [0.5, 0.6) is 0 Å². The second-order valence-electron chi connectivity index (χ2n) is 5.94. The third-order valence-corrected chi connectivity index (χ3v) is 3.95. The number of anilines is 2. The Morgan fingerprint density at radius 2 is 1.74 bits per heavy atom. The van der Waals surface area contributed by atoms with Gasteiger partial charge in [-0.3, -0.25) is 0 Å². The normalized spacial score (nSPS) is 18.1. The lowest BCUT2D eigenvalue weighted by atomic mass is 9.76. The van der Waals surface area contributed by atoms with Gasteiger partial charge in [0, 0.05) is 19.2 Å². The smallest absolute Gasteiger partial charge is 0.131 e. The van der Waals surface area contributed by atoms with Crippen molar-refractivity contribution < 1.29 is 0 Å². The van der Waals surface area contributed by atoms with E-state index in [1.807, 2.05) is 13.0 Å². The van der Waals surface area contributed by atoms with Crippen LogP contribution in [0.3, 0.4) is 0 Å². The van der Waals surface area contributed by atoms with Gasteiger partial charge in [0.15, 0.2) is 0 Å². The molecule has 0 saturated heterocycles. The van der Waals surface area contributed by atoms with E-state index in [0.717, 1.165) is 30.5 Å². The number of aromatic nitrogens is 2. The molecule has 1 fully saturated rings. The van der Waals surface area contributed by atoms with Gasteiger partial charge in [0.05, 0.1) is 0 Å². The van der Waals surface area contributed by atoms with Crippen molar-refractivity contribution in [2.24, 2.45) is 5.41 Å². The highest BCUT2D eigenvalue weighted by Crippen LogP contribution is 2.35. The van der Waals surface area contributed by atoms with Crippen LogP contribution in [-0.2, 0) is 0 Å². The highest BCUT2D eigenvalue weighted by Gasteiger charge is 2.26. The minimum Gasteiger partial charge on any atom is -0.370 e. The molecule has 4 heteroatoms. The number of nitrogens with one attached hydrogen (secondary N) is 2. The molecule has 2 rings (SSSR count). The Hall–Kier alpha value is -1.32. The first-order chi connectivity index (χ1) is 9.11. The van der Waals surface area contributed by atoms with Crippen LogP contribution in [0.2, 0.25) is 0 Å². The van der Waals surface area contributed by atoms with Crippen LogP contribution < -0.4 is 10.6 Å². The summed E-state index contributed by atoms with van der Waals surface area (Å²) in [5.74, 6) is 2.66. The van der Waals surface area contributed by atoms with Gasteiger partial charge in [0.2, 0.25) is 0 Å². The van der Waals surface area contributed by atoms with Crippen LogP contribution >= 0.6 is 0 Å². The molecule has 0 aromatic carbocycles. The summed E-state index contributed by atoms with van der Waals surface area (Å²) in [4.78, 5) is 8.84. The zero-order valence-electron chi connectivity index (χ0n) is 12.4. The lowest BCUT2D eigenvalue weighted by Crippen LogP contribution is -2.29. The first-order valence-electron chi connectivity index (χ1n) is 7.45. The predicted octanol–water partition coefficient (Wildman–Crippen LogP) is 3.60. The Labute approximate surface area is 116 Å². The molecule has 1 saturated carbocycles. The molecule has 4 nitrogen and oxygen atoms in total. The van der Waals surface area contributed by atoms with Gasteiger partial charge in [-0.1, -0.05) is 26.2 Å². The van der Waals surface area contributed by atoms with Crippen LogP contribution in [0.15, 0.2) is 6.07 Å². The average molecular weight is 262 g/mol. The SMILES string of the molecule is CCNc1cc(NCC2(C)CCCCC2)nc(C)n1. The maximum absolute atomic E-state index is 4.47. The van der Waals surface area contributed by atoms with Gasteiger partial charge in [-0.05, 0) is 32.1 Å². The highest BCUT2D eigenvalue weighted by atomic mass is 15.1. The van der Waals surface area contributed by atoms with Gasteiger partial charge < -0.3 is 10.6 Å². The van der Waals surface area contributed by atoms with E-state index in [-0.39, 0.29) is 0 Å². The Bertz CT molecular complexity index is 411. The van der Waals surface area contributed by atoms with Crippen molar-refractivity contribution >= 4 is 11.6 Å². The van der Waals surface area contributed by atoms with Crippen molar-refractivity contribution in [1.82, 2.24) is 9.97 Å². The predicted molar refractivity (Wildman–Crippen MR) is 80.6 cm³/mol. The number of nitrogens with zero attached hydrogens (tertiary/aromatic N) is 2.